The lowest BCUT2D eigenvalue weighted by atomic mass is 10.1. The molecule has 1 aromatic carbocycles. The smallest absolute Gasteiger partial charge is 0.237 e. The van der Waals surface area contributed by atoms with Gasteiger partial charge in [-0.1, -0.05) is 0 Å². The summed E-state index contributed by atoms with van der Waals surface area (Å²) < 4.78 is 33.1. The maximum atomic E-state index is 13.5. The molecule has 0 unspecified atom stereocenters. The molecule has 2 aromatic rings. The van der Waals surface area contributed by atoms with Gasteiger partial charge in [-0.2, -0.15) is 5.26 Å². The van der Waals surface area contributed by atoms with Gasteiger partial charge in [0.15, 0.2) is 0 Å². The van der Waals surface area contributed by atoms with Crippen molar-refractivity contribution in [3.63, 3.8) is 0 Å². The van der Waals surface area contributed by atoms with Crippen LogP contribution in [-0.4, -0.2) is 65.2 Å². The summed E-state index contributed by atoms with van der Waals surface area (Å²) in [6.45, 7) is 1.55. The zero-order valence-electron chi connectivity index (χ0n) is 15.9. The Hall–Kier alpha value is -2.79. The van der Waals surface area contributed by atoms with Gasteiger partial charge in [-0.15, -0.1) is 0 Å². The van der Waals surface area contributed by atoms with E-state index in [0.29, 0.717) is 24.4 Å². The second-order valence-corrected chi connectivity index (χ2v) is 7.59. The fourth-order valence-electron chi connectivity index (χ4n) is 4.03. The van der Waals surface area contributed by atoms with Crippen molar-refractivity contribution in [1.82, 2.24) is 14.8 Å². The third-order valence-corrected chi connectivity index (χ3v) is 5.57. The van der Waals surface area contributed by atoms with E-state index < -0.39 is 12.2 Å². The standard InChI is InChI=1S/C21H22F2N4O2/c22-14-1-2-18-19(10-14)25-6-3-20(18)29-17-4-7-26(8-5-17)13-21(28)27-12-15(23)9-16(27)11-24/h1-3,6,10,15-17H,4-5,7-9,12-13H2/t15-,16-/m0/s1. The lowest BCUT2D eigenvalue weighted by molar-refractivity contribution is -0.133. The first-order valence-electron chi connectivity index (χ1n) is 9.80. The SMILES string of the molecule is N#C[C@@H]1C[C@H](F)CN1C(=O)CN1CCC(Oc2ccnc3cc(F)ccc23)CC1. The van der Waals surface area contributed by atoms with Crippen molar-refractivity contribution in [2.75, 3.05) is 26.2 Å². The van der Waals surface area contributed by atoms with E-state index in [0.717, 1.165) is 18.2 Å². The Morgan fingerprint density at radius 1 is 1.31 bits per heavy atom. The molecule has 1 amide bonds. The zero-order valence-corrected chi connectivity index (χ0v) is 15.9. The van der Waals surface area contributed by atoms with Crippen molar-refractivity contribution < 1.29 is 18.3 Å². The Morgan fingerprint density at radius 3 is 2.86 bits per heavy atom. The number of rotatable bonds is 4. The normalized spacial score (nSPS) is 23.3. The molecule has 2 saturated heterocycles. The minimum Gasteiger partial charge on any atom is -0.490 e. The van der Waals surface area contributed by atoms with Crippen molar-refractivity contribution in [1.29, 1.82) is 5.26 Å². The summed E-state index contributed by atoms with van der Waals surface area (Å²) in [6.07, 6.45) is 2.06. The number of fused-ring (bicyclic) bond motifs is 1. The van der Waals surface area contributed by atoms with Gasteiger partial charge < -0.3 is 9.64 Å². The molecular weight excluding hydrogens is 378 g/mol. The van der Waals surface area contributed by atoms with Crippen LogP contribution in [0.1, 0.15) is 19.3 Å². The summed E-state index contributed by atoms with van der Waals surface area (Å²) in [6, 6.07) is 7.56. The number of benzene rings is 1. The maximum absolute atomic E-state index is 13.5. The Balaban J connectivity index is 1.32. The molecule has 2 aliphatic heterocycles. The highest BCUT2D eigenvalue weighted by molar-refractivity contribution is 5.84. The number of hydrogen-bond donors (Lipinski definition) is 0. The van der Waals surface area contributed by atoms with Crippen LogP contribution in [0.15, 0.2) is 30.5 Å². The van der Waals surface area contributed by atoms with Gasteiger partial charge in [0.25, 0.3) is 0 Å². The predicted molar refractivity (Wildman–Crippen MR) is 102 cm³/mol. The van der Waals surface area contributed by atoms with Crippen LogP contribution in [0.4, 0.5) is 8.78 Å². The van der Waals surface area contributed by atoms with Crippen LogP contribution < -0.4 is 4.74 Å². The number of hydrogen-bond acceptors (Lipinski definition) is 5. The average molecular weight is 400 g/mol. The molecule has 2 aliphatic rings. The minimum atomic E-state index is -1.12. The van der Waals surface area contributed by atoms with Crippen molar-refractivity contribution in [2.24, 2.45) is 0 Å². The van der Waals surface area contributed by atoms with Gasteiger partial charge in [-0.25, -0.2) is 8.78 Å². The molecule has 0 aliphatic carbocycles. The molecule has 0 bridgehead atoms. The van der Waals surface area contributed by atoms with Gasteiger partial charge in [-0.05, 0) is 31.0 Å². The van der Waals surface area contributed by atoms with Crippen LogP contribution >= 0.6 is 0 Å². The number of alkyl halides is 1. The summed E-state index contributed by atoms with van der Waals surface area (Å²) in [5.74, 6) is 0.140. The topological polar surface area (TPSA) is 69.5 Å². The fourth-order valence-corrected chi connectivity index (χ4v) is 4.03. The number of halogens is 2. The number of aromatic nitrogens is 1. The molecular formula is C21H22F2N4O2. The maximum Gasteiger partial charge on any atom is 0.237 e. The number of carbonyl (C=O) groups excluding carboxylic acids is 1. The van der Waals surface area contributed by atoms with Gasteiger partial charge in [-0.3, -0.25) is 14.7 Å². The third kappa shape index (κ3) is 4.30. The summed E-state index contributed by atoms with van der Waals surface area (Å²) in [5, 5.41) is 9.88. The summed E-state index contributed by atoms with van der Waals surface area (Å²) in [7, 11) is 0. The van der Waals surface area contributed by atoms with Crippen LogP contribution in [0.5, 0.6) is 5.75 Å². The number of pyridine rings is 1. The summed E-state index contributed by atoms with van der Waals surface area (Å²) >= 11 is 0. The minimum absolute atomic E-state index is 0.00630. The first-order chi connectivity index (χ1) is 14.0. The lowest BCUT2D eigenvalue weighted by Crippen LogP contribution is -2.46. The number of amides is 1. The van der Waals surface area contributed by atoms with Crippen LogP contribution in [0.2, 0.25) is 0 Å². The molecule has 0 spiro atoms. The van der Waals surface area contributed by atoms with Crippen LogP contribution in [0.25, 0.3) is 10.9 Å². The van der Waals surface area contributed by atoms with Crippen LogP contribution in [0.3, 0.4) is 0 Å². The highest BCUT2D eigenvalue weighted by Crippen LogP contribution is 2.27. The summed E-state index contributed by atoms with van der Waals surface area (Å²) in [5.41, 5.74) is 0.550. The highest BCUT2D eigenvalue weighted by Gasteiger charge is 2.36. The Morgan fingerprint density at radius 2 is 2.10 bits per heavy atom. The van der Waals surface area contributed by atoms with E-state index in [9.17, 15) is 13.6 Å². The highest BCUT2D eigenvalue weighted by atomic mass is 19.1. The van der Waals surface area contributed by atoms with Crippen LogP contribution in [-0.2, 0) is 4.79 Å². The number of nitriles is 1. The molecule has 6 nitrogen and oxygen atoms in total. The third-order valence-electron chi connectivity index (χ3n) is 5.57. The zero-order chi connectivity index (χ0) is 20.4. The van der Waals surface area contributed by atoms with Gasteiger partial charge in [0, 0.05) is 37.2 Å². The van der Waals surface area contributed by atoms with E-state index in [1.54, 1.807) is 18.3 Å². The molecule has 0 radical (unpaired) electrons. The van der Waals surface area contributed by atoms with Gasteiger partial charge >= 0.3 is 0 Å². The summed E-state index contributed by atoms with van der Waals surface area (Å²) in [4.78, 5) is 20.0. The van der Waals surface area contributed by atoms with Crippen molar-refractivity contribution in [3.05, 3.63) is 36.3 Å². The number of ether oxygens (including phenoxy) is 1. The average Bonchev–Trinajstić information content (AvgIpc) is 3.10. The molecule has 0 saturated carbocycles. The number of carbonyl (C=O) groups is 1. The van der Waals surface area contributed by atoms with E-state index in [1.165, 1.54) is 17.0 Å². The van der Waals surface area contributed by atoms with E-state index in [2.05, 4.69) is 4.98 Å². The molecule has 2 fully saturated rings. The second kappa shape index (κ2) is 8.29. The van der Waals surface area contributed by atoms with E-state index in [1.807, 2.05) is 11.0 Å². The molecule has 3 heterocycles. The Labute approximate surface area is 167 Å². The number of likely N-dealkylation sites (tertiary alicyclic amines) is 2. The molecule has 4 rings (SSSR count). The molecule has 8 heteroatoms. The molecule has 0 N–H and O–H groups in total. The first-order valence-corrected chi connectivity index (χ1v) is 9.80. The van der Waals surface area contributed by atoms with Crippen LogP contribution in [0, 0.1) is 17.1 Å². The van der Waals surface area contributed by atoms with Crippen molar-refractivity contribution in [3.8, 4) is 11.8 Å². The van der Waals surface area contributed by atoms with Gasteiger partial charge in [0.05, 0.1) is 24.7 Å². The van der Waals surface area contributed by atoms with Gasteiger partial charge in [0.2, 0.25) is 5.91 Å². The molecule has 29 heavy (non-hydrogen) atoms. The van der Waals surface area contributed by atoms with Crippen molar-refractivity contribution >= 4 is 16.8 Å². The lowest BCUT2D eigenvalue weighted by Gasteiger charge is -2.33. The van der Waals surface area contributed by atoms with E-state index in [4.69, 9.17) is 10.00 Å². The first kappa shape index (κ1) is 19.5. The molecule has 1 aromatic heterocycles. The quantitative estimate of drug-likeness (QED) is 0.789. The van der Waals surface area contributed by atoms with Crippen molar-refractivity contribution in [2.45, 2.75) is 37.6 Å². The molecule has 2 atom stereocenters. The number of piperidine rings is 1. The van der Waals surface area contributed by atoms with E-state index in [-0.39, 0.29) is 37.3 Å². The largest absolute Gasteiger partial charge is 0.490 e. The Bertz CT molecular complexity index is 940. The molecule has 152 valence electrons. The second-order valence-electron chi connectivity index (χ2n) is 7.59. The monoisotopic (exact) mass is 400 g/mol. The van der Waals surface area contributed by atoms with E-state index >= 15 is 0 Å². The fraction of sp³-hybridized carbons (Fsp3) is 0.476. The van der Waals surface area contributed by atoms with Gasteiger partial charge in [0.1, 0.15) is 29.9 Å². The predicted octanol–water partition coefficient (Wildman–Crippen LogP) is 2.68. The number of nitrogens with zero attached hydrogens (tertiary/aromatic N) is 4. The Kier molecular flexibility index (Phi) is 5.58.